The summed E-state index contributed by atoms with van der Waals surface area (Å²) in [5.74, 6) is 0.889. The number of hydrogen-bond donors (Lipinski definition) is 1. The second-order valence-corrected chi connectivity index (χ2v) is 6.68. The Labute approximate surface area is 142 Å². The summed E-state index contributed by atoms with van der Waals surface area (Å²) in [7, 11) is 4.10. The summed E-state index contributed by atoms with van der Waals surface area (Å²) in [5, 5.41) is 3.57. The molecule has 1 aliphatic carbocycles. The molecule has 4 rings (SSSR count). The van der Waals surface area contributed by atoms with E-state index in [4.69, 9.17) is 0 Å². The lowest BCUT2D eigenvalue weighted by Crippen LogP contribution is -2.16. The second-order valence-electron chi connectivity index (χ2n) is 6.68. The van der Waals surface area contributed by atoms with Gasteiger partial charge in [0.05, 0.1) is 11.9 Å². The molecule has 2 aromatic heterocycles. The van der Waals surface area contributed by atoms with Crippen LogP contribution < -0.4 is 10.2 Å². The second kappa shape index (κ2) is 6.15. The van der Waals surface area contributed by atoms with E-state index in [2.05, 4.69) is 48.9 Å². The molecule has 1 aromatic carbocycles. The number of aromatic nitrogens is 3. The predicted octanol–water partition coefficient (Wildman–Crippen LogP) is 3.82. The number of nitrogens with one attached hydrogen (secondary N) is 1. The maximum Gasteiger partial charge on any atom is 0.180 e. The van der Waals surface area contributed by atoms with E-state index in [0.717, 1.165) is 22.7 Å². The molecule has 24 heavy (non-hydrogen) atoms. The van der Waals surface area contributed by atoms with Gasteiger partial charge in [-0.2, -0.15) is 0 Å². The zero-order valence-corrected chi connectivity index (χ0v) is 14.2. The van der Waals surface area contributed by atoms with E-state index in [1.807, 2.05) is 32.7 Å². The molecule has 5 heteroatoms. The summed E-state index contributed by atoms with van der Waals surface area (Å²) in [6, 6.07) is 9.06. The van der Waals surface area contributed by atoms with Gasteiger partial charge < -0.3 is 10.2 Å². The molecule has 0 amide bonds. The normalized spacial score (nSPS) is 15.1. The fraction of sp³-hybridized carbons (Fsp3) is 0.368. The summed E-state index contributed by atoms with van der Waals surface area (Å²) in [6.07, 6.45) is 10.8. The van der Waals surface area contributed by atoms with Crippen LogP contribution in [0.2, 0.25) is 0 Å². The quantitative estimate of drug-likeness (QED) is 0.793. The van der Waals surface area contributed by atoms with E-state index in [-0.39, 0.29) is 0 Å². The van der Waals surface area contributed by atoms with E-state index in [1.165, 1.54) is 31.4 Å². The average molecular weight is 321 g/mol. The van der Waals surface area contributed by atoms with E-state index in [0.29, 0.717) is 6.04 Å². The van der Waals surface area contributed by atoms with Gasteiger partial charge >= 0.3 is 0 Å². The molecule has 1 saturated carbocycles. The van der Waals surface area contributed by atoms with Gasteiger partial charge in [0.15, 0.2) is 11.5 Å². The molecule has 1 fully saturated rings. The molecule has 0 saturated heterocycles. The van der Waals surface area contributed by atoms with Crippen LogP contribution in [-0.2, 0) is 0 Å². The highest BCUT2D eigenvalue weighted by atomic mass is 15.1. The SMILES string of the molecule is CN(C)c1ccc(-c2cnc(NC3CCCC3)c3nccn23)cc1. The van der Waals surface area contributed by atoms with Crippen molar-refractivity contribution in [2.45, 2.75) is 31.7 Å². The Kier molecular flexibility index (Phi) is 3.84. The zero-order chi connectivity index (χ0) is 16.5. The first-order valence-electron chi connectivity index (χ1n) is 8.59. The Bertz CT molecular complexity index is 829. The summed E-state index contributed by atoms with van der Waals surface area (Å²) < 4.78 is 2.12. The molecule has 124 valence electrons. The molecule has 0 spiro atoms. The van der Waals surface area contributed by atoms with Crippen molar-refractivity contribution in [2.24, 2.45) is 0 Å². The standard InChI is InChI=1S/C19H23N5/c1-23(2)16-9-7-14(8-10-16)17-13-21-18(19-20-11-12-24(17)19)22-15-5-3-4-6-15/h7-13,15H,3-6H2,1-2H3,(H,21,22). The Morgan fingerprint density at radius 2 is 1.83 bits per heavy atom. The highest BCUT2D eigenvalue weighted by Gasteiger charge is 2.17. The van der Waals surface area contributed by atoms with Gasteiger partial charge in [-0.3, -0.25) is 4.40 Å². The third kappa shape index (κ3) is 2.70. The molecule has 0 bridgehead atoms. The molecule has 0 atom stereocenters. The Morgan fingerprint density at radius 3 is 2.54 bits per heavy atom. The van der Waals surface area contributed by atoms with E-state index < -0.39 is 0 Å². The number of nitrogens with zero attached hydrogens (tertiary/aromatic N) is 4. The van der Waals surface area contributed by atoms with E-state index in [9.17, 15) is 0 Å². The number of imidazole rings is 1. The van der Waals surface area contributed by atoms with Gasteiger partial charge in [-0.1, -0.05) is 25.0 Å². The average Bonchev–Trinajstić information content (AvgIpc) is 3.27. The summed E-state index contributed by atoms with van der Waals surface area (Å²) >= 11 is 0. The number of anilines is 2. The van der Waals surface area contributed by atoms with Crippen molar-refractivity contribution in [3.63, 3.8) is 0 Å². The van der Waals surface area contributed by atoms with Gasteiger partial charge in [-0.05, 0) is 25.0 Å². The van der Waals surface area contributed by atoms with Crippen LogP contribution >= 0.6 is 0 Å². The fourth-order valence-corrected chi connectivity index (χ4v) is 3.43. The van der Waals surface area contributed by atoms with Crippen molar-refractivity contribution in [3.8, 4) is 11.3 Å². The third-order valence-electron chi connectivity index (χ3n) is 4.80. The van der Waals surface area contributed by atoms with Crippen LogP contribution in [0, 0.1) is 0 Å². The number of hydrogen-bond acceptors (Lipinski definition) is 4. The van der Waals surface area contributed by atoms with Crippen LogP contribution in [0.4, 0.5) is 11.5 Å². The fourth-order valence-electron chi connectivity index (χ4n) is 3.43. The summed E-state index contributed by atoms with van der Waals surface area (Å²) in [5.41, 5.74) is 4.29. The predicted molar refractivity (Wildman–Crippen MR) is 98.6 cm³/mol. The maximum absolute atomic E-state index is 4.67. The monoisotopic (exact) mass is 321 g/mol. The lowest BCUT2D eigenvalue weighted by molar-refractivity contribution is 0.750. The first kappa shape index (κ1) is 15.0. The highest BCUT2D eigenvalue weighted by Crippen LogP contribution is 2.27. The Balaban J connectivity index is 1.70. The molecular weight excluding hydrogens is 298 g/mol. The lowest BCUT2D eigenvalue weighted by Gasteiger charge is -2.16. The lowest BCUT2D eigenvalue weighted by atomic mass is 10.1. The van der Waals surface area contributed by atoms with Crippen molar-refractivity contribution in [3.05, 3.63) is 42.9 Å². The van der Waals surface area contributed by atoms with Crippen LogP contribution in [0.5, 0.6) is 0 Å². The molecule has 3 aromatic rings. The number of fused-ring (bicyclic) bond motifs is 1. The maximum atomic E-state index is 4.67. The molecule has 1 aliphatic rings. The first-order valence-corrected chi connectivity index (χ1v) is 8.59. The van der Waals surface area contributed by atoms with Crippen LogP contribution in [0.25, 0.3) is 16.9 Å². The van der Waals surface area contributed by atoms with E-state index in [1.54, 1.807) is 0 Å². The minimum atomic E-state index is 0.531. The van der Waals surface area contributed by atoms with Gasteiger partial charge in [-0.25, -0.2) is 9.97 Å². The Hall–Kier alpha value is -2.56. The van der Waals surface area contributed by atoms with Gasteiger partial charge in [0, 0.05) is 43.8 Å². The summed E-state index contributed by atoms with van der Waals surface area (Å²) in [4.78, 5) is 11.3. The van der Waals surface area contributed by atoms with Gasteiger partial charge in [0.25, 0.3) is 0 Å². The van der Waals surface area contributed by atoms with Crippen LogP contribution in [-0.4, -0.2) is 34.5 Å². The molecule has 5 nitrogen and oxygen atoms in total. The molecule has 0 aliphatic heterocycles. The molecule has 2 heterocycles. The summed E-state index contributed by atoms with van der Waals surface area (Å²) in [6.45, 7) is 0. The van der Waals surface area contributed by atoms with Crippen LogP contribution in [0.3, 0.4) is 0 Å². The highest BCUT2D eigenvalue weighted by molar-refractivity contribution is 5.71. The molecular formula is C19H23N5. The number of benzene rings is 1. The number of rotatable bonds is 4. The topological polar surface area (TPSA) is 45.5 Å². The van der Waals surface area contributed by atoms with Crippen molar-refractivity contribution in [1.82, 2.24) is 14.4 Å². The largest absolute Gasteiger partial charge is 0.378 e. The molecule has 0 radical (unpaired) electrons. The zero-order valence-electron chi connectivity index (χ0n) is 14.2. The Morgan fingerprint density at radius 1 is 1.08 bits per heavy atom. The van der Waals surface area contributed by atoms with Crippen molar-refractivity contribution in [2.75, 3.05) is 24.3 Å². The van der Waals surface area contributed by atoms with Crippen molar-refractivity contribution in [1.29, 1.82) is 0 Å². The van der Waals surface area contributed by atoms with Crippen molar-refractivity contribution < 1.29 is 0 Å². The van der Waals surface area contributed by atoms with Gasteiger partial charge in [-0.15, -0.1) is 0 Å². The van der Waals surface area contributed by atoms with Crippen molar-refractivity contribution >= 4 is 17.2 Å². The van der Waals surface area contributed by atoms with E-state index >= 15 is 0 Å². The minimum absolute atomic E-state index is 0.531. The minimum Gasteiger partial charge on any atom is -0.378 e. The van der Waals surface area contributed by atoms with Gasteiger partial charge in [0.2, 0.25) is 0 Å². The first-order chi connectivity index (χ1) is 11.7. The smallest absolute Gasteiger partial charge is 0.180 e. The third-order valence-corrected chi connectivity index (χ3v) is 4.80. The van der Waals surface area contributed by atoms with Crippen LogP contribution in [0.1, 0.15) is 25.7 Å². The molecule has 0 unspecified atom stereocenters. The van der Waals surface area contributed by atoms with Gasteiger partial charge in [0.1, 0.15) is 0 Å². The molecule has 1 N–H and O–H groups in total. The van der Waals surface area contributed by atoms with Crippen LogP contribution in [0.15, 0.2) is 42.9 Å².